The number of thiophene rings is 1. The van der Waals surface area contributed by atoms with E-state index in [-0.39, 0.29) is 10.9 Å². The number of amides is 1. The number of rotatable bonds is 4. The molecule has 3 nitrogen and oxygen atoms in total. The van der Waals surface area contributed by atoms with Crippen molar-refractivity contribution in [3.8, 4) is 0 Å². The van der Waals surface area contributed by atoms with E-state index in [9.17, 15) is 4.79 Å². The first-order chi connectivity index (χ1) is 7.35. The Kier molecular flexibility index (Phi) is 4.04. The van der Waals surface area contributed by atoms with E-state index in [2.05, 4.69) is 5.32 Å². The first-order valence-electron chi connectivity index (χ1n) is 4.97. The molecule has 0 spiro atoms. The molecule has 1 aromatic rings. The molecule has 88 valence electrons. The van der Waals surface area contributed by atoms with Crippen molar-refractivity contribution in [2.24, 2.45) is 11.1 Å². The molecule has 0 saturated carbocycles. The van der Waals surface area contributed by atoms with Crippen LogP contribution in [0.15, 0.2) is 11.4 Å². The number of aryl methyl sites for hydroxylation is 1. The number of nitrogens with one attached hydrogen (secondary N) is 1. The third-order valence-corrected chi connectivity index (χ3v) is 4.09. The normalized spacial score (nSPS) is 11.2. The van der Waals surface area contributed by atoms with E-state index in [0.717, 1.165) is 4.88 Å². The number of carbonyl (C=O) groups excluding carboxylic acids is 1. The average molecular weight is 256 g/mol. The molecule has 5 heteroatoms. The van der Waals surface area contributed by atoms with Crippen LogP contribution in [-0.4, -0.2) is 10.9 Å². The van der Waals surface area contributed by atoms with Gasteiger partial charge in [-0.05, 0) is 37.8 Å². The minimum Gasteiger partial charge on any atom is -0.392 e. The van der Waals surface area contributed by atoms with Gasteiger partial charge in [-0.1, -0.05) is 12.2 Å². The quantitative estimate of drug-likeness (QED) is 0.810. The lowest BCUT2D eigenvalue weighted by Crippen LogP contribution is -2.44. The highest BCUT2D eigenvalue weighted by atomic mass is 32.1. The fourth-order valence-corrected chi connectivity index (χ4v) is 2.02. The zero-order chi connectivity index (χ0) is 12.3. The van der Waals surface area contributed by atoms with Crippen LogP contribution in [0.25, 0.3) is 0 Å². The third kappa shape index (κ3) is 2.80. The van der Waals surface area contributed by atoms with Crippen molar-refractivity contribution in [1.82, 2.24) is 5.32 Å². The van der Waals surface area contributed by atoms with Crippen LogP contribution in [-0.2, 0) is 11.3 Å². The second kappa shape index (κ2) is 4.93. The Morgan fingerprint density at radius 1 is 1.62 bits per heavy atom. The summed E-state index contributed by atoms with van der Waals surface area (Å²) in [7, 11) is 0. The Bertz CT molecular complexity index is 410. The summed E-state index contributed by atoms with van der Waals surface area (Å²) < 4.78 is 0. The molecule has 3 N–H and O–H groups in total. The van der Waals surface area contributed by atoms with Crippen LogP contribution in [0.4, 0.5) is 0 Å². The maximum Gasteiger partial charge on any atom is 0.232 e. The topological polar surface area (TPSA) is 55.1 Å². The highest BCUT2D eigenvalue weighted by molar-refractivity contribution is 7.80. The largest absolute Gasteiger partial charge is 0.392 e. The second-order valence-electron chi connectivity index (χ2n) is 4.20. The molecule has 0 atom stereocenters. The molecule has 0 aromatic carbocycles. The number of hydrogen-bond donors (Lipinski definition) is 2. The lowest BCUT2D eigenvalue weighted by molar-refractivity contribution is -0.126. The van der Waals surface area contributed by atoms with Gasteiger partial charge < -0.3 is 11.1 Å². The molecule has 0 saturated heterocycles. The predicted octanol–water partition coefficient (Wildman–Crippen LogP) is 1.99. The Hall–Kier alpha value is -0.940. The number of carbonyl (C=O) groups is 1. The summed E-state index contributed by atoms with van der Waals surface area (Å²) in [5, 5.41) is 4.86. The van der Waals surface area contributed by atoms with E-state index in [1.54, 1.807) is 25.2 Å². The SMILES string of the molecule is Cc1ccsc1CNC(=O)C(C)(C)C(N)=S. The summed E-state index contributed by atoms with van der Waals surface area (Å²) in [6.07, 6.45) is 0. The van der Waals surface area contributed by atoms with Gasteiger partial charge in [-0.25, -0.2) is 0 Å². The lowest BCUT2D eigenvalue weighted by atomic mass is 9.92. The third-order valence-electron chi connectivity index (χ3n) is 2.56. The van der Waals surface area contributed by atoms with Gasteiger partial charge in [-0.15, -0.1) is 11.3 Å². The number of thiocarbonyl (C=S) groups is 1. The van der Waals surface area contributed by atoms with Crippen molar-refractivity contribution in [1.29, 1.82) is 0 Å². The predicted molar refractivity (Wildman–Crippen MR) is 71.5 cm³/mol. The van der Waals surface area contributed by atoms with Gasteiger partial charge in [0, 0.05) is 4.88 Å². The highest BCUT2D eigenvalue weighted by Crippen LogP contribution is 2.18. The fourth-order valence-electron chi connectivity index (χ4n) is 1.08. The van der Waals surface area contributed by atoms with Gasteiger partial charge in [0.15, 0.2) is 0 Å². The van der Waals surface area contributed by atoms with Crippen LogP contribution in [0.3, 0.4) is 0 Å². The molecular weight excluding hydrogens is 240 g/mol. The van der Waals surface area contributed by atoms with Gasteiger partial charge in [0.25, 0.3) is 0 Å². The van der Waals surface area contributed by atoms with E-state index < -0.39 is 5.41 Å². The summed E-state index contributed by atoms with van der Waals surface area (Å²) in [6, 6.07) is 2.03. The molecule has 1 rings (SSSR count). The Morgan fingerprint density at radius 2 is 2.25 bits per heavy atom. The molecule has 1 heterocycles. The zero-order valence-electron chi connectivity index (χ0n) is 9.66. The molecule has 16 heavy (non-hydrogen) atoms. The van der Waals surface area contributed by atoms with Crippen molar-refractivity contribution in [3.05, 3.63) is 21.9 Å². The summed E-state index contributed by atoms with van der Waals surface area (Å²) in [6.45, 7) is 6.02. The molecule has 0 aliphatic rings. The maximum atomic E-state index is 11.8. The Balaban J connectivity index is 2.60. The first-order valence-corrected chi connectivity index (χ1v) is 6.25. The van der Waals surface area contributed by atoms with E-state index in [4.69, 9.17) is 18.0 Å². The summed E-state index contributed by atoms with van der Waals surface area (Å²) in [5.41, 5.74) is 5.93. The van der Waals surface area contributed by atoms with Crippen LogP contribution in [0, 0.1) is 12.3 Å². The maximum absolute atomic E-state index is 11.8. The van der Waals surface area contributed by atoms with E-state index in [1.807, 2.05) is 18.4 Å². The van der Waals surface area contributed by atoms with Gasteiger partial charge >= 0.3 is 0 Å². The molecule has 1 aromatic heterocycles. The van der Waals surface area contributed by atoms with Crippen LogP contribution >= 0.6 is 23.6 Å². The lowest BCUT2D eigenvalue weighted by Gasteiger charge is -2.21. The van der Waals surface area contributed by atoms with E-state index in [0.29, 0.717) is 6.54 Å². The van der Waals surface area contributed by atoms with Gasteiger partial charge in [0.1, 0.15) is 0 Å². The van der Waals surface area contributed by atoms with Crippen molar-refractivity contribution in [2.45, 2.75) is 27.3 Å². The van der Waals surface area contributed by atoms with Crippen LogP contribution in [0.5, 0.6) is 0 Å². The Labute approximate surface area is 105 Å². The van der Waals surface area contributed by atoms with Crippen molar-refractivity contribution < 1.29 is 4.79 Å². The average Bonchev–Trinajstić information content (AvgIpc) is 2.60. The van der Waals surface area contributed by atoms with E-state index >= 15 is 0 Å². The molecule has 0 unspecified atom stereocenters. The molecule has 0 fully saturated rings. The summed E-state index contributed by atoms with van der Waals surface area (Å²) in [4.78, 5) is 13.2. The van der Waals surface area contributed by atoms with Crippen LogP contribution in [0.2, 0.25) is 0 Å². The summed E-state index contributed by atoms with van der Waals surface area (Å²) >= 11 is 6.50. The summed E-state index contributed by atoms with van der Waals surface area (Å²) in [5.74, 6) is -0.132. The van der Waals surface area contributed by atoms with Gasteiger partial charge in [0.2, 0.25) is 5.91 Å². The van der Waals surface area contributed by atoms with Crippen molar-refractivity contribution in [3.63, 3.8) is 0 Å². The molecule has 0 radical (unpaired) electrons. The molecule has 0 bridgehead atoms. The number of nitrogens with two attached hydrogens (primary N) is 1. The monoisotopic (exact) mass is 256 g/mol. The minimum absolute atomic E-state index is 0.132. The molecule has 0 aliphatic carbocycles. The highest BCUT2D eigenvalue weighted by Gasteiger charge is 2.30. The van der Waals surface area contributed by atoms with Gasteiger partial charge in [0.05, 0.1) is 16.9 Å². The van der Waals surface area contributed by atoms with E-state index in [1.165, 1.54) is 5.56 Å². The molecular formula is C11H16N2OS2. The second-order valence-corrected chi connectivity index (χ2v) is 5.64. The molecule has 1 amide bonds. The zero-order valence-corrected chi connectivity index (χ0v) is 11.3. The van der Waals surface area contributed by atoms with Crippen LogP contribution < -0.4 is 11.1 Å². The van der Waals surface area contributed by atoms with Gasteiger partial charge in [-0.3, -0.25) is 4.79 Å². The Morgan fingerprint density at radius 3 is 2.69 bits per heavy atom. The van der Waals surface area contributed by atoms with Crippen LogP contribution in [0.1, 0.15) is 24.3 Å². The number of hydrogen-bond acceptors (Lipinski definition) is 3. The van der Waals surface area contributed by atoms with Crippen molar-refractivity contribution >= 4 is 34.5 Å². The molecule has 0 aliphatic heterocycles. The standard InChI is InChI=1S/C11H16N2OS2/c1-7-4-5-16-8(7)6-13-10(14)11(2,3)9(12)15/h4-5H,6H2,1-3H3,(H2,12,15)(H,13,14). The first kappa shape index (κ1) is 13.1. The fraction of sp³-hybridized carbons (Fsp3) is 0.455. The van der Waals surface area contributed by atoms with Gasteiger partial charge in [-0.2, -0.15) is 0 Å². The smallest absolute Gasteiger partial charge is 0.232 e. The van der Waals surface area contributed by atoms with Crippen molar-refractivity contribution in [2.75, 3.05) is 0 Å². The minimum atomic E-state index is -0.791.